The molecule has 0 saturated carbocycles. The van der Waals surface area contributed by atoms with Crippen molar-refractivity contribution in [2.24, 2.45) is 5.73 Å². The molecule has 1 aromatic carbocycles. The van der Waals surface area contributed by atoms with Crippen molar-refractivity contribution in [3.8, 4) is 11.4 Å². The van der Waals surface area contributed by atoms with Gasteiger partial charge in [-0.15, -0.1) is 0 Å². The van der Waals surface area contributed by atoms with E-state index in [4.69, 9.17) is 5.73 Å². The molecule has 1 atom stereocenters. The normalized spacial score (nSPS) is 12.4. The average Bonchev–Trinajstić information content (AvgIpc) is 2.45. The van der Waals surface area contributed by atoms with E-state index in [-0.39, 0.29) is 17.4 Å². The van der Waals surface area contributed by atoms with Crippen molar-refractivity contribution in [3.63, 3.8) is 0 Å². The van der Waals surface area contributed by atoms with Crippen LogP contribution in [0.1, 0.15) is 18.9 Å². The highest BCUT2D eigenvalue weighted by Crippen LogP contribution is 2.20. The number of nitrogens with two attached hydrogens (primary N) is 1. The van der Waals surface area contributed by atoms with Crippen molar-refractivity contribution in [2.45, 2.75) is 25.8 Å². The van der Waals surface area contributed by atoms with Gasteiger partial charge in [-0.3, -0.25) is 0 Å². The molecule has 0 saturated heterocycles. The molecule has 2 aromatic rings. The molecule has 0 fully saturated rings. The molecule has 0 bridgehead atoms. The molecule has 0 aliphatic heterocycles. The standard InChI is InChI=1S/C14H14F3N3/c1-2-10(18)3-8-6-19-14(20-7-8)9-4-11(15)13(17)12(16)5-9/h4-7,10H,2-3,18H2,1H3. The molecule has 106 valence electrons. The molecular weight excluding hydrogens is 267 g/mol. The summed E-state index contributed by atoms with van der Waals surface area (Å²) in [4.78, 5) is 8.05. The Morgan fingerprint density at radius 1 is 1.10 bits per heavy atom. The van der Waals surface area contributed by atoms with Crippen LogP contribution in [-0.2, 0) is 6.42 Å². The highest BCUT2D eigenvalue weighted by Gasteiger charge is 2.13. The highest BCUT2D eigenvalue weighted by atomic mass is 19.2. The van der Waals surface area contributed by atoms with Crippen molar-refractivity contribution >= 4 is 0 Å². The molecule has 1 aromatic heterocycles. The molecule has 1 unspecified atom stereocenters. The molecule has 1 heterocycles. The van der Waals surface area contributed by atoms with Gasteiger partial charge in [-0.2, -0.15) is 0 Å². The number of halogens is 3. The number of aromatic nitrogens is 2. The van der Waals surface area contributed by atoms with Crippen molar-refractivity contribution in [3.05, 3.63) is 47.5 Å². The third kappa shape index (κ3) is 3.14. The van der Waals surface area contributed by atoms with Crippen molar-refractivity contribution in [2.75, 3.05) is 0 Å². The molecule has 2 rings (SSSR count). The minimum absolute atomic E-state index is 0.0187. The van der Waals surface area contributed by atoms with Crippen LogP contribution in [0.15, 0.2) is 24.5 Å². The summed E-state index contributed by atoms with van der Waals surface area (Å²) in [6.07, 6.45) is 4.56. The lowest BCUT2D eigenvalue weighted by Gasteiger charge is -2.08. The third-order valence-corrected chi connectivity index (χ3v) is 2.97. The smallest absolute Gasteiger partial charge is 0.194 e. The Morgan fingerprint density at radius 3 is 2.15 bits per heavy atom. The number of nitrogens with zero attached hydrogens (tertiary/aromatic N) is 2. The summed E-state index contributed by atoms with van der Waals surface area (Å²) in [6, 6.07) is 1.75. The Labute approximate surface area is 114 Å². The molecule has 0 aliphatic carbocycles. The van der Waals surface area contributed by atoms with Gasteiger partial charge < -0.3 is 5.73 Å². The molecule has 0 radical (unpaired) electrons. The number of hydrogen-bond donors (Lipinski definition) is 1. The van der Waals surface area contributed by atoms with E-state index in [1.54, 1.807) is 12.4 Å². The van der Waals surface area contributed by atoms with E-state index >= 15 is 0 Å². The summed E-state index contributed by atoms with van der Waals surface area (Å²) in [5.74, 6) is -3.89. The van der Waals surface area contributed by atoms with Gasteiger partial charge in [-0.05, 0) is 30.5 Å². The quantitative estimate of drug-likeness (QED) is 0.877. The van der Waals surface area contributed by atoms with Crippen molar-refractivity contribution in [1.82, 2.24) is 9.97 Å². The predicted octanol–water partition coefficient (Wildman–Crippen LogP) is 2.84. The molecule has 2 N–H and O–H groups in total. The summed E-state index contributed by atoms with van der Waals surface area (Å²) in [5, 5.41) is 0. The van der Waals surface area contributed by atoms with Crippen LogP contribution < -0.4 is 5.73 Å². The van der Waals surface area contributed by atoms with Crippen LogP contribution >= 0.6 is 0 Å². The van der Waals surface area contributed by atoms with Gasteiger partial charge in [0.05, 0.1) is 0 Å². The van der Waals surface area contributed by atoms with E-state index < -0.39 is 17.5 Å². The van der Waals surface area contributed by atoms with Crippen molar-refractivity contribution < 1.29 is 13.2 Å². The third-order valence-electron chi connectivity index (χ3n) is 2.97. The predicted molar refractivity (Wildman–Crippen MR) is 69.3 cm³/mol. The fourth-order valence-corrected chi connectivity index (χ4v) is 1.74. The zero-order chi connectivity index (χ0) is 14.7. The largest absolute Gasteiger partial charge is 0.327 e. The Bertz CT molecular complexity index is 576. The highest BCUT2D eigenvalue weighted by molar-refractivity contribution is 5.54. The van der Waals surface area contributed by atoms with Crippen LogP contribution in [0, 0.1) is 17.5 Å². The first kappa shape index (κ1) is 14.5. The van der Waals surface area contributed by atoms with E-state index in [2.05, 4.69) is 9.97 Å². The summed E-state index contributed by atoms with van der Waals surface area (Å²) in [5.41, 5.74) is 6.74. The summed E-state index contributed by atoms with van der Waals surface area (Å²) in [6.45, 7) is 1.98. The Balaban J connectivity index is 2.26. The van der Waals surface area contributed by atoms with E-state index in [0.717, 1.165) is 24.1 Å². The Kier molecular flexibility index (Phi) is 4.34. The second-order valence-corrected chi connectivity index (χ2v) is 4.54. The zero-order valence-electron chi connectivity index (χ0n) is 10.9. The first-order valence-electron chi connectivity index (χ1n) is 6.22. The van der Waals surface area contributed by atoms with Crippen LogP contribution in [0.2, 0.25) is 0 Å². The molecule has 0 spiro atoms. The first-order valence-corrected chi connectivity index (χ1v) is 6.22. The first-order chi connectivity index (χ1) is 9.51. The monoisotopic (exact) mass is 281 g/mol. The van der Waals surface area contributed by atoms with E-state index in [1.165, 1.54) is 0 Å². The van der Waals surface area contributed by atoms with Gasteiger partial charge in [0, 0.05) is 24.0 Å². The zero-order valence-corrected chi connectivity index (χ0v) is 10.9. The van der Waals surface area contributed by atoms with Crippen molar-refractivity contribution in [1.29, 1.82) is 0 Å². The van der Waals surface area contributed by atoms with Crippen LogP contribution in [0.4, 0.5) is 13.2 Å². The van der Waals surface area contributed by atoms with Gasteiger partial charge in [0.25, 0.3) is 0 Å². The molecule has 3 nitrogen and oxygen atoms in total. The molecular formula is C14H14F3N3. The lowest BCUT2D eigenvalue weighted by Crippen LogP contribution is -2.21. The Morgan fingerprint density at radius 2 is 1.65 bits per heavy atom. The van der Waals surface area contributed by atoms with Gasteiger partial charge in [-0.1, -0.05) is 6.92 Å². The minimum atomic E-state index is -1.50. The summed E-state index contributed by atoms with van der Waals surface area (Å²) < 4.78 is 39.1. The fourth-order valence-electron chi connectivity index (χ4n) is 1.74. The fraction of sp³-hybridized carbons (Fsp3) is 0.286. The summed E-state index contributed by atoms with van der Waals surface area (Å²) in [7, 11) is 0. The molecule has 6 heteroatoms. The van der Waals surface area contributed by atoms with Crippen LogP contribution in [0.3, 0.4) is 0 Å². The number of rotatable bonds is 4. The van der Waals surface area contributed by atoms with Crippen LogP contribution in [0.25, 0.3) is 11.4 Å². The molecule has 0 amide bonds. The maximum Gasteiger partial charge on any atom is 0.194 e. The van der Waals surface area contributed by atoms with Gasteiger partial charge in [0.1, 0.15) is 0 Å². The average molecular weight is 281 g/mol. The SMILES string of the molecule is CCC(N)Cc1cnc(-c2cc(F)c(F)c(F)c2)nc1. The van der Waals surface area contributed by atoms with Gasteiger partial charge >= 0.3 is 0 Å². The van der Waals surface area contributed by atoms with E-state index in [0.29, 0.717) is 6.42 Å². The summed E-state index contributed by atoms with van der Waals surface area (Å²) >= 11 is 0. The number of benzene rings is 1. The Hall–Kier alpha value is -1.95. The number of hydrogen-bond acceptors (Lipinski definition) is 3. The van der Waals surface area contributed by atoms with E-state index in [9.17, 15) is 13.2 Å². The molecule has 20 heavy (non-hydrogen) atoms. The lowest BCUT2D eigenvalue weighted by molar-refractivity contribution is 0.447. The van der Waals surface area contributed by atoms with E-state index in [1.807, 2.05) is 6.92 Å². The topological polar surface area (TPSA) is 51.8 Å². The lowest BCUT2D eigenvalue weighted by atomic mass is 10.1. The second-order valence-electron chi connectivity index (χ2n) is 4.54. The maximum absolute atomic E-state index is 13.1. The minimum Gasteiger partial charge on any atom is -0.327 e. The van der Waals surface area contributed by atoms with Crippen LogP contribution in [0.5, 0.6) is 0 Å². The maximum atomic E-state index is 13.1. The second kappa shape index (κ2) is 6.00. The molecule has 0 aliphatic rings. The van der Waals surface area contributed by atoms with Gasteiger partial charge in [-0.25, -0.2) is 23.1 Å². The van der Waals surface area contributed by atoms with Gasteiger partial charge in [0.15, 0.2) is 23.3 Å². The van der Waals surface area contributed by atoms with Gasteiger partial charge in [0.2, 0.25) is 0 Å². The van der Waals surface area contributed by atoms with Crippen LogP contribution in [-0.4, -0.2) is 16.0 Å².